The molecule has 2 aliphatic heterocycles. The van der Waals surface area contributed by atoms with Crippen molar-refractivity contribution >= 4 is 5.97 Å². The van der Waals surface area contributed by atoms with E-state index in [-0.39, 0.29) is 13.4 Å². The minimum Gasteiger partial charge on any atom is -0.463 e. The topological polar surface area (TPSA) is 85.2 Å². The van der Waals surface area contributed by atoms with Crippen LogP contribution >= 0.6 is 0 Å². The SMILES string of the molecule is O=C1OC[C@H](O)[C@H]1[C@@H](O)c1ccc2c(c1)OCO2. The van der Waals surface area contributed by atoms with Crippen molar-refractivity contribution in [1.29, 1.82) is 0 Å². The Morgan fingerprint density at radius 1 is 1.22 bits per heavy atom. The maximum absolute atomic E-state index is 11.4. The van der Waals surface area contributed by atoms with Crippen LogP contribution < -0.4 is 9.47 Å². The number of fused-ring (bicyclic) bond motifs is 1. The summed E-state index contributed by atoms with van der Waals surface area (Å²) in [6.07, 6.45) is -2.11. The fourth-order valence-corrected chi connectivity index (χ4v) is 2.17. The molecule has 0 unspecified atom stereocenters. The van der Waals surface area contributed by atoms with Gasteiger partial charge < -0.3 is 24.4 Å². The minimum absolute atomic E-state index is 0.0783. The Morgan fingerprint density at radius 3 is 2.72 bits per heavy atom. The van der Waals surface area contributed by atoms with E-state index in [4.69, 9.17) is 14.2 Å². The molecule has 96 valence electrons. The van der Waals surface area contributed by atoms with E-state index in [0.29, 0.717) is 17.1 Å². The van der Waals surface area contributed by atoms with Crippen LogP contribution in [0, 0.1) is 5.92 Å². The zero-order valence-electron chi connectivity index (χ0n) is 9.41. The Hall–Kier alpha value is -1.79. The highest BCUT2D eigenvalue weighted by Gasteiger charge is 2.41. The van der Waals surface area contributed by atoms with Crippen molar-refractivity contribution in [2.45, 2.75) is 12.2 Å². The van der Waals surface area contributed by atoms with E-state index >= 15 is 0 Å². The van der Waals surface area contributed by atoms with Gasteiger partial charge in [0.15, 0.2) is 11.5 Å². The molecule has 0 saturated carbocycles. The third kappa shape index (κ3) is 1.70. The number of hydrogen-bond donors (Lipinski definition) is 2. The highest BCUT2D eigenvalue weighted by Crippen LogP contribution is 2.37. The number of benzene rings is 1. The number of carbonyl (C=O) groups is 1. The Labute approximate surface area is 103 Å². The first-order valence-corrected chi connectivity index (χ1v) is 5.59. The van der Waals surface area contributed by atoms with Gasteiger partial charge in [-0.05, 0) is 17.7 Å². The summed E-state index contributed by atoms with van der Waals surface area (Å²) in [5, 5.41) is 19.8. The van der Waals surface area contributed by atoms with Gasteiger partial charge in [0.2, 0.25) is 6.79 Å². The molecular weight excluding hydrogens is 240 g/mol. The van der Waals surface area contributed by atoms with Crippen LogP contribution in [-0.2, 0) is 9.53 Å². The molecule has 0 spiro atoms. The summed E-state index contributed by atoms with van der Waals surface area (Å²) in [5.74, 6) is -0.425. The van der Waals surface area contributed by atoms with Crippen LogP contribution in [0.4, 0.5) is 0 Å². The summed E-state index contributed by atoms with van der Waals surface area (Å²) in [6, 6.07) is 4.90. The van der Waals surface area contributed by atoms with Gasteiger partial charge in [0, 0.05) is 0 Å². The third-order valence-corrected chi connectivity index (χ3v) is 3.16. The third-order valence-electron chi connectivity index (χ3n) is 3.16. The molecule has 2 N–H and O–H groups in total. The molecule has 0 radical (unpaired) electrons. The molecule has 1 aromatic rings. The van der Waals surface area contributed by atoms with Gasteiger partial charge in [-0.3, -0.25) is 4.79 Å². The van der Waals surface area contributed by atoms with Crippen molar-refractivity contribution < 1.29 is 29.2 Å². The van der Waals surface area contributed by atoms with Gasteiger partial charge in [0.05, 0.1) is 6.10 Å². The van der Waals surface area contributed by atoms with Gasteiger partial charge in [-0.25, -0.2) is 0 Å². The molecule has 18 heavy (non-hydrogen) atoms. The number of aliphatic hydroxyl groups is 2. The quantitative estimate of drug-likeness (QED) is 0.720. The van der Waals surface area contributed by atoms with E-state index in [9.17, 15) is 15.0 Å². The lowest BCUT2D eigenvalue weighted by Crippen LogP contribution is -2.27. The second kappa shape index (κ2) is 4.15. The maximum atomic E-state index is 11.4. The monoisotopic (exact) mass is 252 g/mol. The molecular formula is C12H12O6. The van der Waals surface area contributed by atoms with Crippen LogP contribution in [0.2, 0.25) is 0 Å². The highest BCUT2D eigenvalue weighted by molar-refractivity contribution is 5.76. The van der Waals surface area contributed by atoms with Gasteiger partial charge in [0.1, 0.15) is 18.6 Å². The minimum atomic E-state index is -1.12. The van der Waals surface area contributed by atoms with E-state index in [2.05, 4.69) is 0 Å². The van der Waals surface area contributed by atoms with Gasteiger partial charge in [-0.2, -0.15) is 0 Å². The number of carbonyl (C=O) groups excluding carboxylic acids is 1. The first-order valence-electron chi connectivity index (χ1n) is 5.59. The lowest BCUT2D eigenvalue weighted by atomic mass is 9.92. The lowest BCUT2D eigenvalue weighted by molar-refractivity contribution is -0.144. The molecule has 1 saturated heterocycles. The zero-order valence-corrected chi connectivity index (χ0v) is 9.41. The van der Waals surface area contributed by atoms with E-state index in [1.54, 1.807) is 18.2 Å². The average Bonchev–Trinajstić information content (AvgIpc) is 2.94. The summed E-state index contributed by atoms with van der Waals surface area (Å²) >= 11 is 0. The molecule has 1 fully saturated rings. The molecule has 2 aliphatic rings. The molecule has 0 aromatic heterocycles. The van der Waals surface area contributed by atoms with Crippen LogP contribution in [0.3, 0.4) is 0 Å². The first-order chi connectivity index (χ1) is 8.66. The summed E-state index contributed by atoms with van der Waals surface area (Å²) in [7, 11) is 0. The second-order valence-electron chi connectivity index (χ2n) is 4.28. The van der Waals surface area contributed by atoms with E-state index < -0.39 is 24.1 Å². The van der Waals surface area contributed by atoms with Gasteiger partial charge in [0.25, 0.3) is 0 Å². The molecule has 6 heteroatoms. The van der Waals surface area contributed by atoms with Gasteiger partial charge in [-0.15, -0.1) is 0 Å². The standard InChI is InChI=1S/C12H12O6/c13-7-4-16-12(15)10(7)11(14)6-1-2-8-9(3-6)18-5-17-8/h1-3,7,10-11,13-14H,4-5H2/t7-,10-,11-/m0/s1. The van der Waals surface area contributed by atoms with Gasteiger partial charge in [-0.1, -0.05) is 6.07 Å². The predicted molar refractivity (Wildman–Crippen MR) is 58.0 cm³/mol. The van der Waals surface area contributed by atoms with Crippen molar-refractivity contribution in [2.75, 3.05) is 13.4 Å². The molecule has 2 heterocycles. The Balaban J connectivity index is 1.88. The number of rotatable bonds is 2. The first kappa shape index (κ1) is 11.3. The van der Waals surface area contributed by atoms with Crippen molar-refractivity contribution in [2.24, 2.45) is 5.92 Å². The fraction of sp³-hybridized carbons (Fsp3) is 0.417. The smallest absolute Gasteiger partial charge is 0.314 e. The Bertz CT molecular complexity index is 485. The summed E-state index contributed by atoms with van der Waals surface area (Å²) in [4.78, 5) is 11.4. The number of aliphatic hydroxyl groups excluding tert-OH is 2. The van der Waals surface area contributed by atoms with Crippen LogP contribution in [0.25, 0.3) is 0 Å². The van der Waals surface area contributed by atoms with E-state index in [0.717, 1.165) is 0 Å². The molecule has 0 bridgehead atoms. The largest absolute Gasteiger partial charge is 0.463 e. The summed E-state index contributed by atoms with van der Waals surface area (Å²) in [6.45, 7) is 0.0636. The predicted octanol–water partition coefficient (Wildman–Crippen LogP) is -0.0174. The zero-order chi connectivity index (χ0) is 12.7. The number of esters is 1. The fourth-order valence-electron chi connectivity index (χ4n) is 2.17. The van der Waals surface area contributed by atoms with Crippen molar-refractivity contribution in [3.63, 3.8) is 0 Å². The molecule has 0 amide bonds. The second-order valence-corrected chi connectivity index (χ2v) is 4.28. The van der Waals surface area contributed by atoms with E-state index in [1.165, 1.54) is 0 Å². The van der Waals surface area contributed by atoms with Crippen molar-refractivity contribution in [1.82, 2.24) is 0 Å². The normalized spacial score (nSPS) is 27.1. The highest BCUT2D eigenvalue weighted by atomic mass is 16.7. The molecule has 6 nitrogen and oxygen atoms in total. The van der Waals surface area contributed by atoms with Crippen LogP contribution in [-0.4, -0.2) is 35.7 Å². The maximum Gasteiger partial charge on any atom is 0.314 e. The van der Waals surface area contributed by atoms with Crippen LogP contribution in [0.1, 0.15) is 11.7 Å². The Morgan fingerprint density at radius 2 is 2.00 bits per heavy atom. The van der Waals surface area contributed by atoms with Gasteiger partial charge >= 0.3 is 5.97 Å². The molecule has 3 rings (SSSR count). The molecule has 1 aromatic carbocycles. The molecule has 0 aliphatic carbocycles. The van der Waals surface area contributed by atoms with Crippen molar-refractivity contribution in [3.8, 4) is 11.5 Å². The number of ether oxygens (including phenoxy) is 3. The number of cyclic esters (lactones) is 1. The van der Waals surface area contributed by atoms with Crippen LogP contribution in [0.15, 0.2) is 18.2 Å². The summed E-state index contributed by atoms with van der Waals surface area (Å²) in [5.41, 5.74) is 0.488. The Kier molecular flexibility index (Phi) is 2.61. The summed E-state index contributed by atoms with van der Waals surface area (Å²) < 4.78 is 15.1. The van der Waals surface area contributed by atoms with Crippen molar-refractivity contribution in [3.05, 3.63) is 23.8 Å². The van der Waals surface area contributed by atoms with E-state index in [1.807, 2.05) is 0 Å². The lowest BCUT2D eigenvalue weighted by Gasteiger charge is -2.18. The average molecular weight is 252 g/mol. The van der Waals surface area contributed by atoms with Crippen LogP contribution in [0.5, 0.6) is 11.5 Å². The number of hydrogen-bond acceptors (Lipinski definition) is 6. The molecule has 3 atom stereocenters.